The summed E-state index contributed by atoms with van der Waals surface area (Å²) in [7, 11) is -0.0735. The van der Waals surface area contributed by atoms with Crippen LogP contribution in [0.4, 0.5) is 0 Å². The topological polar surface area (TPSA) is 82.1 Å². The Hall–Kier alpha value is -2.45. The van der Waals surface area contributed by atoms with Gasteiger partial charge in [-0.2, -0.15) is 0 Å². The van der Waals surface area contributed by atoms with Crippen LogP contribution in [0.25, 0.3) is 0 Å². The third kappa shape index (κ3) is 5.58. The molecule has 3 rings (SSSR count). The molecule has 0 aromatic heterocycles. The predicted molar refractivity (Wildman–Crippen MR) is 114 cm³/mol. The van der Waals surface area contributed by atoms with E-state index in [0.717, 1.165) is 5.56 Å². The third-order valence-corrected chi connectivity index (χ3v) is 6.95. The van der Waals surface area contributed by atoms with Gasteiger partial charge in [0.2, 0.25) is 0 Å². The lowest BCUT2D eigenvalue weighted by Crippen LogP contribution is -2.43. The number of carbonyl (C=O) groups is 1. The molecule has 1 aliphatic rings. The van der Waals surface area contributed by atoms with Crippen molar-refractivity contribution in [2.45, 2.75) is 19.0 Å². The second kappa shape index (κ2) is 9.57. The molecule has 0 spiro atoms. The van der Waals surface area contributed by atoms with E-state index >= 15 is 0 Å². The minimum Gasteiger partial charge on any atom is -0.493 e. The number of ether oxygens (including phenoxy) is 3. The van der Waals surface area contributed by atoms with E-state index in [1.165, 1.54) is 7.11 Å². The maximum atomic E-state index is 13.0. The van der Waals surface area contributed by atoms with E-state index in [0.29, 0.717) is 28.7 Å². The van der Waals surface area contributed by atoms with Crippen LogP contribution in [0.15, 0.2) is 42.5 Å². The molecule has 0 aliphatic carbocycles. The molecule has 30 heavy (non-hydrogen) atoms. The van der Waals surface area contributed by atoms with Crippen molar-refractivity contribution in [3.05, 3.63) is 53.1 Å². The van der Waals surface area contributed by atoms with Gasteiger partial charge in [-0.15, -0.1) is 0 Å². The fourth-order valence-corrected chi connectivity index (χ4v) is 5.23. The summed E-state index contributed by atoms with van der Waals surface area (Å²) in [6, 6.07) is 11.7. The monoisotopic (exact) mass is 453 g/mol. The SMILES string of the molecule is COc1ccc(CN(C(=O)COc2ccc(Cl)cc2)C2CCS(=O)(=O)C2)cc1OC. The lowest BCUT2D eigenvalue weighted by atomic mass is 10.1. The van der Waals surface area contributed by atoms with Crippen LogP contribution in [0.5, 0.6) is 17.2 Å². The minimum atomic E-state index is -3.16. The van der Waals surface area contributed by atoms with E-state index in [2.05, 4.69) is 0 Å². The lowest BCUT2D eigenvalue weighted by Gasteiger charge is -2.28. The Bertz CT molecular complexity index is 993. The van der Waals surface area contributed by atoms with Crippen molar-refractivity contribution in [2.24, 2.45) is 0 Å². The Labute approximate surface area is 181 Å². The summed E-state index contributed by atoms with van der Waals surface area (Å²) in [4.78, 5) is 14.6. The quantitative estimate of drug-likeness (QED) is 0.611. The first-order valence-corrected chi connectivity index (χ1v) is 11.6. The van der Waals surface area contributed by atoms with Gasteiger partial charge >= 0.3 is 0 Å². The second-order valence-corrected chi connectivity index (χ2v) is 9.68. The van der Waals surface area contributed by atoms with Gasteiger partial charge < -0.3 is 19.1 Å². The van der Waals surface area contributed by atoms with E-state index in [1.807, 2.05) is 6.07 Å². The molecule has 1 unspecified atom stereocenters. The zero-order valence-electron chi connectivity index (χ0n) is 16.8. The Balaban J connectivity index is 1.78. The van der Waals surface area contributed by atoms with E-state index in [1.54, 1.807) is 48.4 Å². The van der Waals surface area contributed by atoms with Crippen LogP contribution < -0.4 is 14.2 Å². The number of rotatable bonds is 8. The van der Waals surface area contributed by atoms with Gasteiger partial charge in [-0.25, -0.2) is 8.42 Å². The summed E-state index contributed by atoms with van der Waals surface area (Å²) >= 11 is 5.87. The van der Waals surface area contributed by atoms with E-state index in [9.17, 15) is 13.2 Å². The van der Waals surface area contributed by atoms with Crippen molar-refractivity contribution in [2.75, 3.05) is 32.3 Å². The molecule has 162 valence electrons. The van der Waals surface area contributed by atoms with Gasteiger partial charge in [0.05, 0.1) is 25.7 Å². The van der Waals surface area contributed by atoms with E-state index in [4.69, 9.17) is 25.8 Å². The highest BCUT2D eigenvalue weighted by molar-refractivity contribution is 7.91. The smallest absolute Gasteiger partial charge is 0.261 e. The Morgan fingerprint density at radius 3 is 2.40 bits per heavy atom. The van der Waals surface area contributed by atoms with Crippen molar-refractivity contribution in [1.29, 1.82) is 0 Å². The maximum absolute atomic E-state index is 13.0. The van der Waals surface area contributed by atoms with Crippen LogP contribution in [0, 0.1) is 0 Å². The second-order valence-electron chi connectivity index (χ2n) is 7.01. The van der Waals surface area contributed by atoms with Crippen molar-refractivity contribution < 1.29 is 27.4 Å². The first kappa shape index (κ1) is 22.2. The zero-order chi connectivity index (χ0) is 21.7. The summed E-state index contributed by atoms with van der Waals surface area (Å²) < 4.78 is 40.2. The molecule has 2 aromatic rings. The van der Waals surface area contributed by atoms with Gasteiger partial charge in [0.25, 0.3) is 5.91 Å². The molecule has 0 N–H and O–H groups in total. The largest absolute Gasteiger partial charge is 0.493 e. The molecule has 2 aromatic carbocycles. The van der Waals surface area contributed by atoms with Crippen LogP contribution in [0.1, 0.15) is 12.0 Å². The molecule has 7 nitrogen and oxygen atoms in total. The molecule has 1 aliphatic heterocycles. The number of amides is 1. The molecule has 0 saturated carbocycles. The maximum Gasteiger partial charge on any atom is 0.261 e. The predicted octanol–water partition coefficient (Wildman–Crippen LogP) is 2.95. The van der Waals surface area contributed by atoms with Gasteiger partial charge in [0.15, 0.2) is 27.9 Å². The van der Waals surface area contributed by atoms with Crippen LogP contribution >= 0.6 is 11.6 Å². The average molecular weight is 454 g/mol. The number of halogens is 1. The average Bonchev–Trinajstić information content (AvgIpc) is 3.10. The Kier molecular flexibility index (Phi) is 7.10. The number of sulfone groups is 1. The van der Waals surface area contributed by atoms with Gasteiger partial charge in [-0.3, -0.25) is 4.79 Å². The number of methoxy groups -OCH3 is 2. The van der Waals surface area contributed by atoms with Crippen LogP contribution in [-0.2, 0) is 21.2 Å². The molecule has 1 fully saturated rings. The number of hydrogen-bond donors (Lipinski definition) is 0. The first-order chi connectivity index (χ1) is 14.3. The van der Waals surface area contributed by atoms with Crippen LogP contribution in [-0.4, -0.2) is 57.6 Å². The third-order valence-electron chi connectivity index (χ3n) is 4.95. The van der Waals surface area contributed by atoms with Crippen LogP contribution in [0.2, 0.25) is 5.02 Å². The summed E-state index contributed by atoms with van der Waals surface area (Å²) in [6.45, 7) is 0.0365. The fraction of sp³-hybridized carbons (Fsp3) is 0.381. The summed E-state index contributed by atoms with van der Waals surface area (Å²) in [6.07, 6.45) is 0.405. The Morgan fingerprint density at radius 2 is 1.80 bits per heavy atom. The highest BCUT2D eigenvalue weighted by Crippen LogP contribution is 2.29. The van der Waals surface area contributed by atoms with E-state index in [-0.39, 0.29) is 30.6 Å². The van der Waals surface area contributed by atoms with Gasteiger partial charge in [0.1, 0.15) is 5.75 Å². The van der Waals surface area contributed by atoms with Crippen LogP contribution in [0.3, 0.4) is 0 Å². The molecule has 1 amide bonds. The number of benzene rings is 2. The van der Waals surface area contributed by atoms with Gasteiger partial charge in [0, 0.05) is 17.6 Å². The van der Waals surface area contributed by atoms with Gasteiger partial charge in [-0.1, -0.05) is 17.7 Å². The minimum absolute atomic E-state index is 0.0486. The summed E-state index contributed by atoms with van der Waals surface area (Å²) in [5.74, 6) is 1.37. The molecular formula is C21H24ClNO6S. The molecule has 0 radical (unpaired) electrons. The van der Waals surface area contributed by atoms with Crippen molar-refractivity contribution in [3.8, 4) is 17.2 Å². The molecule has 1 atom stereocenters. The molecule has 0 bridgehead atoms. The fourth-order valence-electron chi connectivity index (χ4n) is 3.38. The normalized spacial score (nSPS) is 17.4. The number of nitrogens with zero attached hydrogens (tertiary/aromatic N) is 1. The Morgan fingerprint density at radius 1 is 1.10 bits per heavy atom. The van der Waals surface area contributed by atoms with Crippen molar-refractivity contribution in [3.63, 3.8) is 0 Å². The lowest BCUT2D eigenvalue weighted by molar-refractivity contribution is -0.136. The molecular weight excluding hydrogens is 430 g/mol. The van der Waals surface area contributed by atoms with Crippen molar-refractivity contribution in [1.82, 2.24) is 4.90 Å². The number of hydrogen-bond acceptors (Lipinski definition) is 6. The summed E-state index contributed by atoms with van der Waals surface area (Å²) in [5, 5.41) is 0.569. The van der Waals surface area contributed by atoms with E-state index < -0.39 is 15.9 Å². The molecule has 9 heteroatoms. The summed E-state index contributed by atoms with van der Waals surface area (Å²) in [5.41, 5.74) is 0.803. The standard InChI is InChI=1S/C21H24ClNO6S/c1-27-19-8-3-15(11-20(19)28-2)12-23(17-9-10-30(25,26)14-17)21(24)13-29-18-6-4-16(22)5-7-18/h3-8,11,17H,9-10,12-14H2,1-2H3. The number of carbonyl (C=O) groups excluding carboxylic acids is 1. The van der Waals surface area contributed by atoms with Gasteiger partial charge in [-0.05, 0) is 48.4 Å². The highest BCUT2D eigenvalue weighted by Gasteiger charge is 2.35. The molecule has 1 saturated heterocycles. The molecule has 1 heterocycles. The highest BCUT2D eigenvalue weighted by atomic mass is 35.5. The zero-order valence-corrected chi connectivity index (χ0v) is 18.4. The van der Waals surface area contributed by atoms with Crippen molar-refractivity contribution >= 4 is 27.3 Å². The first-order valence-electron chi connectivity index (χ1n) is 9.40.